The molecule has 84 valence electrons. The lowest BCUT2D eigenvalue weighted by molar-refractivity contribution is 0.187. The number of benzene rings is 1. The summed E-state index contributed by atoms with van der Waals surface area (Å²) in [7, 11) is 0. The quantitative estimate of drug-likeness (QED) is 0.776. The zero-order valence-electron chi connectivity index (χ0n) is 9.83. The number of hydrogen-bond donors (Lipinski definition) is 2. The van der Waals surface area contributed by atoms with Crippen LogP contribution < -0.4 is 5.32 Å². The zero-order chi connectivity index (χ0) is 11.3. The van der Waals surface area contributed by atoms with Crippen LogP contribution in [-0.2, 0) is 6.42 Å². The smallest absolute Gasteiger partial charge is 0.0636 e. The summed E-state index contributed by atoms with van der Waals surface area (Å²) in [6, 6.07) is 8.92. The Morgan fingerprint density at radius 1 is 1.20 bits per heavy atom. The fourth-order valence-corrected chi connectivity index (χ4v) is 1.51. The highest BCUT2D eigenvalue weighted by molar-refractivity contribution is 5.24. The van der Waals surface area contributed by atoms with E-state index >= 15 is 0 Å². The molecule has 2 heteroatoms. The molecule has 0 heterocycles. The van der Waals surface area contributed by atoms with Gasteiger partial charge in [-0.05, 0) is 31.4 Å². The molecule has 2 N–H and O–H groups in total. The Balaban J connectivity index is 2.54. The summed E-state index contributed by atoms with van der Waals surface area (Å²) in [4.78, 5) is 0. The molecule has 1 aromatic carbocycles. The number of aryl methyl sites for hydroxylation is 1. The topological polar surface area (TPSA) is 32.3 Å². The number of aliphatic hydroxyl groups excluding tert-OH is 1. The molecule has 1 aromatic rings. The Morgan fingerprint density at radius 3 is 2.27 bits per heavy atom. The predicted octanol–water partition coefficient (Wildman–Crippen LogP) is 2.28. The first-order valence-corrected chi connectivity index (χ1v) is 5.63. The van der Waals surface area contributed by atoms with Crippen LogP contribution in [0.5, 0.6) is 0 Å². The van der Waals surface area contributed by atoms with Crippen molar-refractivity contribution in [3.05, 3.63) is 35.4 Å². The highest BCUT2D eigenvalue weighted by atomic mass is 16.3. The van der Waals surface area contributed by atoms with E-state index in [2.05, 4.69) is 43.4 Å². The number of rotatable bonds is 5. The van der Waals surface area contributed by atoms with E-state index in [9.17, 15) is 0 Å². The summed E-state index contributed by atoms with van der Waals surface area (Å²) < 4.78 is 0. The van der Waals surface area contributed by atoms with Crippen molar-refractivity contribution in [2.45, 2.75) is 39.3 Å². The minimum Gasteiger partial charge on any atom is -0.392 e. The molecule has 0 aliphatic heterocycles. The standard InChI is InChI=1S/C13H21NO/c1-4-12-5-7-13(8-6-12)11(3)14-9-10(2)15/h5-8,10-11,14-15H,4,9H2,1-3H3/t10-,11?/m1/s1. The summed E-state index contributed by atoms with van der Waals surface area (Å²) >= 11 is 0. The van der Waals surface area contributed by atoms with Crippen molar-refractivity contribution < 1.29 is 5.11 Å². The van der Waals surface area contributed by atoms with Gasteiger partial charge in [0.2, 0.25) is 0 Å². The minimum absolute atomic E-state index is 0.289. The van der Waals surface area contributed by atoms with Gasteiger partial charge in [0.1, 0.15) is 0 Å². The lowest BCUT2D eigenvalue weighted by atomic mass is 10.0. The van der Waals surface area contributed by atoms with E-state index in [0.29, 0.717) is 12.6 Å². The second-order valence-corrected chi connectivity index (χ2v) is 4.07. The van der Waals surface area contributed by atoms with Gasteiger partial charge in [-0.15, -0.1) is 0 Å². The molecule has 0 radical (unpaired) electrons. The molecule has 0 saturated heterocycles. The Bertz CT molecular complexity index is 279. The zero-order valence-corrected chi connectivity index (χ0v) is 9.83. The van der Waals surface area contributed by atoms with Crippen molar-refractivity contribution in [3.63, 3.8) is 0 Å². The molecule has 2 nitrogen and oxygen atoms in total. The fraction of sp³-hybridized carbons (Fsp3) is 0.538. The van der Waals surface area contributed by atoms with Crippen LogP contribution in [0.3, 0.4) is 0 Å². The van der Waals surface area contributed by atoms with Crippen molar-refractivity contribution in [3.8, 4) is 0 Å². The van der Waals surface area contributed by atoms with Crippen molar-refractivity contribution in [1.29, 1.82) is 0 Å². The number of hydrogen-bond acceptors (Lipinski definition) is 2. The Hall–Kier alpha value is -0.860. The van der Waals surface area contributed by atoms with Gasteiger partial charge in [0.15, 0.2) is 0 Å². The Kier molecular flexibility index (Phi) is 4.79. The maximum atomic E-state index is 9.17. The maximum Gasteiger partial charge on any atom is 0.0636 e. The van der Waals surface area contributed by atoms with Crippen molar-refractivity contribution in [2.75, 3.05) is 6.54 Å². The Morgan fingerprint density at radius 2 is 1.80 bits per heavy atom. The second kappa shape index (κ2) is 5.89. The molecule has 1 rings (SSSR count). The molecule has 0 spiro atoms. The molecule has 15 heavy (non-hydrogen) atoms. The molecule has 2 atom stereocenters. The first-order valence-electron chi connectivity index (χ1n) is 5.63. The SMILES string of the molecule is CCc1ccc(C(C)NC[C@@H](C)O)cc1. The second-order valence-electron chi connectivity index (χ2n) is 4.07. The van der Waals surface area contributed by atoms with Crippen LogP contribution in [0.2, 0.25) is 0 Å². The lowest BCUT2D eigenvalue weighted by Crippen LogP contribution is -2.27. The van der Waals surface area contributed by atoms with E-state index in [4.69, 9.17) is 5.11 Å². The van der Waals surface area contributed by atoms with Gasteiger partial charge in [0.25, 0.3) is 0 Å². The fourth-order valence-electron chi connectivity index (χ4n) is 1.51. The van der Waals surface area contributed by atoms with Gasteiger partial charge in [-0.1, -0.05) is 31.2 Å². The summed E-state index contributed by atoms with van der Waals surface area (Å²) in [6.07, 6.45) is 0.790. The molecular weight excluding hydrogens is 186 g/mol. The molecule has 0 fully saturated rings. The third kappa shape index (κ3) is 4.02. The molecule has 0 bridgehead atoms. The number of aliphatic hydroxyl groups is 1. The van der Waals surface area contributed by atoms with Gasteiger partial charge in [-0.25, -0.2) is 0 Å². The van der Waals surface area contributed by atoms with Crippen LogP contribution in [0.4, 0.5) is 0 Å². The summed E-state index contributed by atoms with van der Waals surface area (Å²) in [6.45, 7) is 6.70. The van der Waals surface area contributed by atoms with Crippen LogP contribution in [0.1, 0.15) is 37.9 Å². The Labute approximate surface area is 92.3 Å². The van der Waals surface area contributed by atoms with Crippen LogP contribution >= 0.6 is 0 Å². The van der Waals surface area contributed by atoms with Crippen LogP contribution in [0.15, 0.2) is 24.3 Å². The van der Waals surface area contributed by atoms with E-state index in [1.54, 1.807) is 6.92 Å². The van der Waals surface area contributed by atoms with Gasteiger partial charge >= 0.3 is 0 Å². The van der Waals surface area contributed by atoms with Gasteiger partial charge in [0.05, 0.1) is 6.10 Å². The summed E-state index contributed by atoms with van der Waals surface area (Å²) in [5, 5.41) is 12.5. The highest BCUT2D eigenvalue weighted by Crippen LogP contribution is 2.13. The van der Waals surface area contributed by atoms with E-state index < -0.39 is 0 Å². The van der Waals surface area contributed by atoms with E-state index in [-0.39, 0.29) is 6.10 Å². The molecular formula is C13H21NO. The third-order valence-electron chi connectivity index (χ3n) is 2.61. The first-order chi connectivity index (χ1) is 7.13. The van der Waals surface area contributed by atoms with E-state index in [0.717, 1.165) is 6.42 Å². The van der Waals surface area contributed by atoms with Crippen molar-refractivity contribution >= 4 is 0 Å². The van der Waals surface area contributed by atoms with Crippen molar-refractivity contribution in [1.82, 2.24) is 5.32 Å². The molecule has 0 aromatic heterocycles. The third-order valence-corrected chi connectivity index (χ3v) is 2.61. The largest absolute Gasteiger partial charge is 0.392 e. The average Bonchev–Trinajstić information content (AvgIpc) is 2.26. The average molecular weight is 207 g/mol. The van der Waals surface area contributed by atoms with Gasteiger partial charge < -0.3 is 10.4 Å². The van der Waals surface area contributed by atoms with E-state index in [1.807, 2.05) is 0 Å². The van der Waals surface area contributed by atoms with Crippen LogP contribution in [-0.4, -0.2) is 17.8 Å². The molecule has 0 amide bonds. The first kappa shape index (κ1) is 12.2. The van der Waals surface area contributed by atoms with Gasteiger partial charge in [0, 0.05) is 12.6 Å². The summed E-state index contributed by atoms with van der Waals surface area (Å²) in [5.41, 5.74) is 2.63. The lowest BCUT2D eigenvalue weighted by Gasteiger charge is -2.15. The molecule has 1 unspecified atom stereocenters. The normalized spacial score (nSPS) is 14.9. The molecule has 0 saturated carbocycles. The molecule has 0 aliphatic carbocycles. The minimum atomic E-state index is -0.289. The number of nitrogens with one attached hydrogen (secondary N) is 1. The van der Waals surface area contributed by atoms with Crippen LogP contribution in [0.25, 0.3) is 0 Å². The highest BCUT2D eigenvalue weighted by Gasteiger charge is 2.05. The predicted molar refractivity (Wildman–Crippen MR) is 63.9 cm³/mol. The van der Waals surface area contributed by atoms with Crippen LogP contribution in [0, 0.1) is 0 Å². The monoisotopic (exact) mass is 207 g/mol. The summed E-state index contributed by atoms with van der Waals surface area (Å²) in [5.74, 6) is 0. The van der Waals surface area contributed by atoms with Gasteiger partial charge in [-0.3, -0.25) is 0 Å². The maximum absolute atomic E-state index is 9.17. The van der Waals surface area contributed by atoms with Gasteiger partial charge in [-0.2, -0.15) is 0 Å². The molecule has 0 aliphatic rings. The van der Waals surface area contributed by atoms with Crippen molar-refractivity contribution in [2.24, 2.45) is 0 Å². The van der Waals surface area contributed by atoms with E-state index in [1.165, 1.54) is 11.1 Å².